The Morgan fingerprint density at radius 1 is 1.24 bits per heavy atom. The summed E-state index contributed by atoms with van der Waals surface area (Å²) in [6.07, 6.45) is 7.20. The van der Waals surface area contributed by atoms with Crippen LogP contribution in [0.4, 0.5) is 5.69 Å². The highest BCUT2D eigenvalue weighted by molar-refractivity contribution is 7.91. The van der Waals surface area contributed by atoms with Crippen LogP contribution in [0.1, 0.15) is 57.6 Å². The van der Waals surface area contributed by atoms with Crippen molar-refractivity contribution in [2.75, 3.05) is 31.7 Å². The number of aryl methyl sites for hydroxylation is 1. The van der Waals surface area contributed by atoms with Crippen LogP contribution in [0.15, 0.2) is 53.9 Å². The Kier molecular flexibility index (Phi) is 8.71. The monoisotopic (exact) mass is 630 g/mol. The van der Waals surface area contributed by atoms with Gasteiger partial charge in [-0.25, -0.2) is 12.8 Å². The maximum Gasteiger partial charge on any atom is 0.234 e. The van der Waals surface area contributed by atoms with E-state index in [0.29, 0.717) is 18.4 Å². The second-order valence-electron chi connectivity index (χ2n) is 14.2. The number of nitrogens with zero attached hydrogens (tertiary/aromatic N) is 1. The Bertz CT molecular complexity index is 1440. The Balaban J connectivity index is 1.55. The fourth-order valence-electron chi connectivity index (χ4n) is 6.79. The number of hydrogen-bond donors (Lipinski definition) is 1. The molecule has 1 aliphatic heterocycles. The molecule has 9 heteroatoms. The molecule has 1 spiro atoms. The number of nitrogens with one attached hydrogen (secondary N) is 1. The Labute approximate surface area is 259 Å². The Hall–Kier alpha value is -1.84. The number of methoxy groups -OCH3 is 1. The maximum atomic E-state index is 13.8. The zero-order valence-corrected chi connectivity index (χ0v) is 28.6. The molecule has 3 aliphatic rings. The molecule has 1 heterocycles. The van der Waals surface area contributed by atoms with Crippen LogP contribution >= 0.6 is 11.6 Å². The predicted molar refractivity (Wildman–Crippen MR) is 175 cm³/mol. The van der Waals surface area contributed by atoms with E-state index in [4.69, 9.17) is 21.1 Å². The van der Waals surface area contributed by atoms with Crippen LogP contribution in [0.3, 0.4) is 0 Å². The highest BCUT2D eigenvalue weighted by Crippen LogP contribution is 2.47. The predicted octanol–water partition coefficient (Wildman–Crippen LogP) is 7.32. The zero-order chi connectivity index (χ0) is 30.5. The van der Waals surface area contributed by atoms with Gasteiger partial charge < -0.3 is 14.4 Å². The molecule has 1 N–H and O–H groups in total. The second-order valence-corrected chi connectivity index (χ2v) is 21.6. The molecule has 0 radical (unpaired) electrons. The van der Waals surface area contributed by atoms with Crippen molar-refractivity contribution >= 4 is 35.5 Å². The third-order valence-corrected chi connectivity index (χ3v) is 18.4. The topological polar surface area (TPSA) is 67.9 Å². The number of sulfonamides is 1. The second kappa shape index (κ2) is 11.6. The first-order valence-corrected chi connectivity index (χ1v) is 20.1. The van der Waals surface area contributed by atoms with Crippen LogP contribution in [-0.2, 0) is 26.6 Å². The molecule has 2 aromatic rings. The lowest BCUT2D eigenvalue weighted by Gasteiger charge is -2.46. The average Bonchev–Trinajstić information content (AvgIpc) is 3.05. The molecule has 5 rings (SSSR count). The van der Waals surface area contributed by atoms with Crippen molar-refractivity contribution in [3.63, 3.8) is 0 Å². The number of halogens is 1. The minimum atomic E-state index is -3.73. The van der Waals surface area contributed by atoms with Crippen LogP contribution in [0.2, 0.25) is 23.2 Å². The molecule has 1 fully saturated rings. The van der Waals surface area contributed by atoms with Gasteiger partial charge in [-0.15, -0.1) is 6.58 Å². The number of anilines is 1. The van der Waals surface area contributed by atoms with Crippen molar-refractivity contribution in [2.24, 2.45) is 11.8 Å². The summed E-state index contributed by atoms with van der Waals surface area (Å²) < 4.78 is 43.1. The fourth-order valence-corrected chi connectivity index (χ4v) is 11.9. The van der Waals surface area contributed by atoms with Gasteiger partial charge in [0.1, 0.15) is 14.0 Å². The minimum absolute atomic E-state index is 0.0125. The Morgan fingerprint density at radius 2 is 2.00 bits per heavy atom. The average molecular weight is 631 g/mol. The maximum absolute atomic E-state index is 13.8. The van der Waals surface area contributed by atoms with Gasteiger partial charge >= 0.3 is 0 Å². The highest BCUT2D eigenvalue weighted by Gasteiger charge is 2.45. The van der Waals surface area contributed by atoms with Gasteiger partial charge in [0, 0.05) is 30.6 Å². The molecule has 0 unspecified atom stereocenters. The van der Waals surface area contributed by atoms with Crippen molar-refractivity contribution in [3.8, 4) is 5.75 Å². The minimum Gasteiger partial charge on any atom is -0.490 e. The number of benzene rings is 2. The van der Waals surface area contributed by atoms with Crippen molar-refractivity contribution in [2.45, 2.75) is 87.4 Å². The van der Waals surface area contributed by atoms with Gasteiger partial charge in [-0.3, -0.25) is 0 Å². The first-order chi connectivity index (χ1) is 19.7. The SMILES string of the molecule is C=C[C@H](OC)[C@@H]1CC[C@H]1CN1C[C@@]2(CCCc3cc(Cl)ccc32)COc2ccc(S(=O)(=O)N[Si](C)(C)C(C)(C)C)cc21. The van der Waals surface area contributed by atoms with Gasteiger partial charge in [-0.2, -0.15) is 0 Å². The van der Waals surface area contributed by atoms with E-state index in [0.717, 1.165) is 61.7 Å². The zero-order valence-electron chi connectivity index (χ0n) is 26.0. The molecule has 4 atom stereocenters. The summed E-state index contributed by atoms with van der Waals surface area (Å²) in [5, 5.41) is 0.629. The van der Waals surface area contributed by atoms with Crippen molar-refractivity contribution in [1.29, 1.82) is 0 Å². The van der Waals surface area contributed by atoms with Crippen LogP contribution < -0.4 is 14.0 Å². The fraction of sp³-hybridized carbons (Fsp3) is 0.576. The van der Waals surface area contributed by atoms with Gasteiger partial charge in [0.05, 0.1) is 23.3 Å². The van der Waals surface area contributed by atoms with Gasteiger partial charge in [0.2, 0.25) is 10.0 Å². The normalized spacial score (nSPS) is 25.1. The van der Waals surface area contributed by atoms with E-state index in [1.165, 1.54) is 11.1 Å². The largest absolute Gasteiger partial charge is 0.490 e. The molecule has 6 nitrogen and oxygen atoms in total. The van der Waals surface area contributed by atoms with E-state index < -0.39 is 18.3 Å². The summed E-state index contributed by atoms with van der Waals surface area (Å²) in [7, 11) is -4.31. The third kappa shape index (κ3) is 5.94. The molecule has 0 amide bonds. The van der Waals surface area contributed by atoms with E-state index in [2.05, 4.69) is 61.9 Å². The number of fused-ring (bicyclic) bond motifs is 3. The van der Waals surface area contributed by atoms with E-state index in [1.54, 1.807) is 13.2 Å². The summed E-state index contributed by atoms with van der Waals surface area (Å²) >= 11 is 6.42. The molecule has 1 saturated carbocycles. The molecule has 230 valence electrons. The summed E-state index contributed by atoms with van der Waals surface area (Å²) in [5.41, 5.74) is 3.23. The van der Waals surface area contributed by atoms with Gasteiger partial charge in [0.15, 0.2) is 0 Å². The standard InChI is InChI=1S/C33H47ClN2O4SSi/c1-8-30(39-5)27-14-11-24(27)20-36-21-33(17-9-10-23-18-25(34)12-15-28(23)33)22-40-31-16-13-26(19-29(31)36)41(37,38)35-42(6,7)32(2,3)4/h8,12-13,15-16,18-19,24,27,30,35H,1,9-11,14,17,20-22H2,2-7H3/t24-,27+,30-,33-/m0/s1. The molecular weight excluding hydrogens is 584 g/mol. The molecule has 0 saturated heterocycles. The van der Waals surface area contributed by atoms with Crippen LogP contribution in [0.5, 0.6) is 5.75 Å². The van der Waals surface area contributed by atoms with Crippen molar-refractivity contribution in [3.05, 3.63) is 65.2 Å². The van der Waals surface area contributed by atoms with Crippen molar-refractivity contribution < 1.29 is 17.9 Å². The van der Waals surface area contributed by atoms with Gasteiger partial charge in [0.25, 0.3) is 0 Å². The lowest BCUT2D eigenvalue weighted by Crippen LogP contribution is -2.54. The van der Waals surface area contributed by atoms with Gasteiger partial charge in [-0.1, -0.05) is 57.6 Å². The molecule has 0 bridgehead atoms. The van der Waals surface area contributed by atoms with Crippen molar-refractivity contribution in [1.82, 2.24) is 4.39 Å². The summed E-state index contributed by atoms with van der Waals surface area (Å²) in [5.74, 6) is 1.54. The van der Waals surface area contributed by atoms with Gasteiger partial charge in [-0.05, 0) is 90.4 Å². The van der Waals surface area contributed by atoms with E-state index in [9.17, 15) is 8.42 Å². The molecule has 42 heavy (non-hydrogen) atoms. The smallest absolute Gasteiger partial charge is 0.234 e. The lowest BCUT2D eigenvalue weighted by atomic mass is 9.68. The van der Waals surface area contributed by atoms with Crippen LogP contribution in [-0.4, -0.2) is 49.6 Å². The molecule has 2 aromatic carbocycles. The summed E-state index contributed by atoms with van der Waals surface area (Å²) in [6.45, 7) is 16.6. The highest BCUT2D eigenvalue weighted by atomic mass is 35.5. The number of rotatable bonds is 8. The van der Waals surface area contributed by atoms with Crippen LogP contribution in [0, 0.1) is 11.8 Å². The first-order valence-electron chi connectivity index (χ1n) is 15.2. The molecule has 0 aromatic heterocycles. The summed E-state index contributed by atoms with van der Waals surface area (Å²) in [6, 6.07) is 11.7. The molecule has 2 aliphatic carbocycles. The number of ether oxygens (including phenoxy) is 2. The number of hydrogen-bond acceptors (Lipinski definition) is 5. The molecular formula is C33H47ClN2O4SSi. The van der Waals surface area contributed by atoms with E-state index in [-0.39, 0.29) is 21.5 Å². The lowest BCUT2D eigenvalue weighted by molar-refractivity contribution is 0.0135. The van der Waals surface area contributed by atoms with E-state index >= 15 is 0 Å². The van der Waals surface area contributed by atoms with E-state index in [1.807, 2.05) is 24.3 Å². The van der Waals surface area contributed by atoms with Crippen LogP contribution in [0.25, 0.3) is 0 Å². The Morgan fingerprint density at radius 3 is 2.64 bits per heavy atom. The first kappa shape index (κ1) is 31.6. The quantitative estimate of drug-likeness (QED) is 0.244. The third-order valence-electron chi connectivity index (χ3n) is 10.4. The summed E-state index contributed by atoms with van der Waals surface area (Å²) in [4.78, 5) is 2.70.